The molecule has 3 nitrogen and oxygen atoms in total. The van der Waals surface area contributed by atoms with E-state index in [-0.39, 0.29) is 0 Å². The molecule has 2 aromatic heterocycles. The van der Waals surface area contributed by atoms with Crippen molar-refractivity contribution in [3.05, 3.63) is 46.4 Å². The highest BCUT2D eigenvalue weighted by Gasteiger charge is 2.14. The van der Waals surface area contributed by atoms with Gasteiger partial charge in [0.05, 0.1) is 6.04 Å². The predicted octanol–water partition coefficient (Wildman–Crippen LogP) is 2.47. The lowest BCUT2D eigenvalue weighted by molar-refractivity contribution is 0.292. The van der Waals surface area contributed by atoms with Gasteiger partial charge in [-0.25, -0.2) is 0 Å². The summed E-state index contributed by atoms with van der Waals surface area (Å²) in [5.74, 6) is 0. The van der Waals surface area contributed by atoms with E-state index in [1.54, 1.807) is 0 Å². The zero-order valence-electron chi connectivity index (χ0n) is 10.3. The van der Waals surface area contributed by atoms with E-state index in [9.17, 15) is 0 Å². The summed E-state index contributed by atoms with van der Waals surface area (Å²) in [6.45, 7) is 1.89. The molecule has 2 aromatic rings. The van der Waals surface area contributed by atoms with E-state index in [4.69, 9.17) is 0 Å². The van der Waals surface area contributed by atoms with Crippen LogP contribution in [0.25, 0.3) is 0 Å². The number of likely N-dealkylation sites (N-methyl/N-ethyl adjacent to an activating group) is 1. The van der Waals surface area contributed by atoms with E-state index in [1.165, 1.54) is 10.4 Å². The minimum absolute atomic E-state index is 0.453. The van der Waals surface area contributed by atoms with Crippen molar-refractivity contribution < 1.29 is 0 Å². The molecule has 2 N–H and O–H groups in total. The van der Waals surface area contributed by atoms with E-state index in [2.05, 4.69) is 52.9 Å². The molecule has 0 radical (unpaired) electrons. The molecule has 0 aliphatic rings. The van der Waals surface area contributed by atoms with Crippen molar-refractivity contribution in [3.63, 3.8) is 0 Å². The normalized spacial score (nSPS) is 13.1. The van der Waals surface area contributed by atoms with Crippen LogP contribution in [0.2, 0.25) is 0 Å². The molecule has 0 bridgehead atoms. The Labute approximate surface area is 106 Å². The third-order valence-electron chi connectivity index (χ3n) is 2.82. The summed E-state index contributed by atoms with van der Waals surface area (Å²) < 4.78 is 0. The Balaban J connectivity index is 1.86. The fraction of sp³-hybridized carbons (Fsp3) is 0.385. The Morgan fingerprint density at radius 2 is 2.29 bits per heavy atom. The van der Waals surface area contributed by atoms with Crippen LogP contribution in [-0.4, -0.2) is 30.5 Å². The SMILES string of the molecule is CN(C)C(CNCc1cc[nH]c1)c1cccs1. The molecule has 0 saturated heterocycles. The Kier molecular flexibility index (Phi) is 4.36. The van der Waals surface area contributed by atoms with Crippen molar-refractivity contribution in [2.45, 2.75) is 12.6 Å². The van der Waals surface area contributed by atoms with Gasteiger partial charge in [-0.05, 0) is 37.2 Å². The summed E-state index contributed by atoms with van der Waals surface area (Å²) in [6.07, 6.45) is 3.99. The molecule has 0 spiro atoms. The second-order valence-corrected chi connectivity index (χ2v) is 5.32. The summed E-state index contributed by atoms with van der Waals surface area (Å²) >= 11 is 1.82. The largest absolute Gasteiger partial charge is 0.367 e. The number of H-pyrrole nitrogens is 1. The Morgan fingerprint density at radius 3 is 2.88 bits per heavy atom. The van der Waals surface area contributed by atoms with E-state index < -0.39 is 0 Å². The Morgan fingerprint density at radius 1 is 1.41 bits per heavy atom. The van der Waals surface area contributed by atoms with Crippen LogP contribution in [-0.2, 0) is 6.54 Å². The van der Waals surface area contributed by atoms with Crippen LogP contribution >= 0.6 is 11.3 Å². The van der Waals surface area contributed by atoms with Gasteiger partial charge in [0.15, 0.2) is 0 Å². The molecule has 0 saturated carbocycles. The van der Waals surface area contributed by atoms with E-state index in [0.29, 0.717) is 6.04 Å². The first-order valence-electron chi connectivity index (χ1n) is 5.79. The van der Waals surface area contributed by atoms with Gasteiger partial charge in [0.1, 0.15) is 0 Å². The molecule has 0 aliphatic carbocycles. The van der Waals surface area contributed by atoms with Crippen LogP contribution < -0.4 is 5.32 Å². The van der Waals surface area contributed by atoms with Gasteiger partial charge in [0.2, 0.25) is 0 Å². The summed E-state index contributed by atoms with van der Waals surface area (Å²) in [6, 6.07) is 6.87. The number of nitrogens with zero attached hydrogens (tertiary/aromatic N) is 1. The number of aromatic nitrogens is 1. The average Bonchev–Trinajstić information content (AvgIpc) is 2.96. The minimum Gasteiger partial charge on any atom is -0.367 e. The maximum Gasteiger partial charge on any atom is 0.0561 e. The van der Waals surface area contributed by atoms with E-state index in [1.807, 2.05) is 23.7 Å². The first-order valence-corrected chi connectivity index (χ1v) is 6.67. The van der Waals surface area contributed by atoms with Gasteiger partial charge in [0, 0.05) is 30.4 Å². The van der Waals surface area contributed by atoms with Gasteiger partial charge >= 0.3 is 0 Å². The van der Waals surface area contributed by atoms with E-state index in [0.717, 1.165) is 13.1 Å². The average molecular weight is 249 g/mol. The fourth-order valence-electron chi connectivity index (χ4n) is 1.84. The quantitative estimate of drug-likeness (QED) is 0.824. The summed E-state index contributed by atoms with van der Waals surface area (Å²) in [4.78, 5) is 6.74. The van der Waals surface area contributed by atoms with Gasteiger partial charge in [-0.2, -0.15) is 0 Å². The molecule has 2 heterocycles. The lowest BCUT2D eigenvalue weighted by atomic mass is 10.2. The second-order valence-electron chi connectivity index (χ2n) is 4.34. The summed E-state index contributed by atoms with van der Waals surface area (Å²) in [5, 5.41) is 5.64. The molecule has 0 fully saturated rings. The molecule has 0 aromatic carbocycles. The molecule has 0 aliphatic heterocycles. The molecule has 4 heteroatoms. The molecule has 1 atom stereocenters. The van der Waals surface area contributed by atoms with Crippen LogP contribution in [0.1, 0.15) is 16.5 Å². The Hall–Kier alpha value is -1.10. The highest BCUT2D eigenvalue weighted by atomic mass is 32.1. The maximum atomic E-state index is 3.50. The molecular formula is C13H19N3S. The number of rotatable bonds is 6. The van der Waals surface area contributed by atoms with Crippen molar-refractivity contribution in [2.24, 2.45) is 0 Å². The molecule has 17 heavy (non-hydrogen) atoms. The zero-order valence-corrected chi connectivity index (χ0v) is 11.1. The van der Waals surface area contributed by atoms with E-state index >= 15 is 0 Å². The first-order chi connectivity index (χ1) is 8.27. The van der Waals surface area contributed by atoms with Crippen molar-refractivity contribution in [3.8, 4) is 0 Å². The highest BCUT2D eigenvalue weighted by Crippen LogP contribution is 2.22. The van der Waals surface area contributed by atoms with Gasteiger partial charge in [-0.1, -0.05) is 6.07 Å². The molecule has 2 rings (SSSR count). The lowest BCUT2D eigenvalue weighted by Gasteiger charge is -2.23. The first kappa shape index (κ1) is 12.4. The molecular weight excluding hydrogens is 230 g/mol. The topological polar surface area (TPSA) is 31.1 Å². The van der Waals surface area contributed by atoms with Crippen LogP contribution in [0.4, 0.5) is 0 Å². The molecule has 92 valence electrons. The predicted molar refractivity (Wildman–Crippen MR) is 73.2 cm³/mol. The zero-order chi connectivity index (χ0) is 12.1. The van der Waals surface area contributed by atoms with Gasteiger partial charge < -0.3 is 15.2 Å². The van der Waals surface area contributed by atoms with Crippen molar-refractivity contribution in [1.82, 2.24) is 15.2 Å². The second kappa shape index (κ2) is 6.00. The monoisotopic (exact) mass is 249 g/mol. The van der Waals surface area contributed by atoms with Crippen LogP contribution in [0.3, 0.4) is 0 Å². The smallest absolute Gasteiger partial charge is 0.0561 e. The number of thiophene rings is 1. The maximum absolute atomic E-state index is 3.50. The summed E-state index contributed by atoms with van der Waals surface area (Å²) in [5.41, 5.74) is 1.30. The molecule has 1 unspecified atom stereocenters. The number of hydrogen-bond acceptors (Lipinski definition) is 3. The Bertz CT molecular complexity index is 406. The highest BCUT2D eigenvalue weighted by molar-refractivity contribution is 7.10. The lowest BCUT2D eigenvalue weighted by Crippen LogP contribution is -2.30. The van der Waals surface area contributed by atoms with Crippen molar-refractivity contribution in [1.29, 1.82) is 0 Å². The van der Waals surface area contributed by atoms with Gasteiger partial charge in [-0.3, -0.25) is 0 Å². The summed E-state index contributed by atoms with van der Waals surface area (Å²) in [7, 11) is 4.25. The number of hydrogen-bond donors (Lipinski definition) is 2. The standard InChI is InChI=1S/C13H19N3S/c1-16(2)12(13-4-3-7-17-13)10-15-9-11-5-6-14-8-11/h3-8,12,14-15H,9-10H2,1-2H3. The third-order valence-corrected chi connectivity index (χ3v) is 3.80. The van der Waals surface area contributed by atoms with Crippen LogP contribution in [0.5, 0.6) is 0 Å². The van der Waals surface area contributed by atoms with Crippen molar-refractivity contribution >= 4 is 11.3 Å². The van der Waals surface area contributed by atoms with Gasteiger partial charge in [0.25, 0.3) is 0 Å². The van der Waals surface area contributed by atoms with Crippen LogP contribution in [0, 0.1) is 0 Å². The number of aromatic amines is 1. The van der Waals surface area contributed by atoms with Crippen molar-refractivity contribution in [2.75, 3.05) is 20.6 Å². The fourth-order valence-corrected chi connectivity index (χ4v) is 2.76. The van der Waals surface area contributed by atoms with Gasteiger partial charge in [-0.15, -0.1) is 11.3 Å². The third kappa shape index (κ3) is 3.43. The minimum atomic E-state index is 0.453. The molecule has 0 amide bonds. The van der Waals surface area contributed by atoms with Crippen LogP contribution in [0.15, 0.2) is 36.0 Å². The number of nitrogens with one attached hydrogen (secondary N) is 2.